The molecule has 0 saturated carbocycles. The van der Waals surface area contributed by atoms with Gasteiger partial charge in [0.15, 0.2) is 3.92 Å². The second-order valence-electron chi connectivity index (χ2n) is 0.731. The molecule has 1 aromatic rings. The minimum Gasteiger partial charge on any atom is -0.237 e. The van der Waals surface area contributed by atoms with Gasteiger partial charge in [-0.15, -0.1) is 11.3 Å². The lowest BCUT2D eigenvalue weighted by Gasteiger charge is -1.61. The van der Waals surface area contributed by atoms with Gasteiger partial charge in [-0.2, -0.15) is 0 Å². The van der Waals surface area contributed by atoms with Crippen molar-refractivity contribution >= 4 is 27.3 Å². The quantitative estimate of drug-likeness (QED) is 0.567. The minimum atomic E-state index is 0.891. The molecule has 31 valence electrons. The van der Waals surface area contributed by atoms with Gasteiger partial charge in [-0.05, 0) is 15.9 Å². The van der Waals surface area contributed by atoms with Gasteiger partial charge in [0.1, 0.15) is 0 Å². The summed E-state index contributed by atoms with van der Waals surface area (Å²) in [7, 11) is 0. The van der Waals surface area contributed by atoms with Crippen LogP contribution in [-0.4, -0.2) is 4.98 Å². The summed E-state index contributed by atoms with van der Waals surface area (Å²) in [4.78, 5) is 3.80. The molecule has 3 heteroatoms. The van der Waals surface area contributed by atoms with E-state index in [0.29, 0.717) is 0 Å². The second-order valence-corrected chi connectivity index (χ2v) is 2.83. The standard InChI is InChI=1S/C3HBrNS/c4-3-5-1-2-6-3/h1H. The van der Waals surface area contributed by atoms with Crippen molar-refractivity contribution in [3.63, 3.8) is 0 Å². The van der Waals surface area contributed by atoms with Gasteiger partial charge in [0.05, 0.1) is 5.38 Å². The molecular formula is C3HBrNS. The van der Waals surface area contributed by atoms with Gasteiger partial charge in [0.25, 0.3) is 0 Å². The number of nitrogens with zero attached hydrogens (tertiary/aromatic N) is 1. The Balaban J connectivity index is 3.05. The minimum absolute atomic E-state index is 0.891. The van der Waals surface area contributed by atoms with Crippen LogP contribution < -0.4 is 0 Å². The van der Waals surface area contributed by atoms with Crippen LogP contribution in [-0.2, 0) is 0 Å². The maximum absolute atomic E-state index is 3.80. The number of halogens is 1. The molecule has 0 bridgehead atoms. The fraction of sp³-hybridized carbons (Fsp3) is 0. The Morgan fingerprint density at radius 3 is 3.00 bits per heavy atom. The Hall–Kier alpha value is 0.110. The molecule has 0 aliphatic rings. The van der Waals surface area contributed by atoms with Gasteiger partial charge >= 0.3 is 0 Å². The van der Waals surface area contributed by atoms with Crippen LogP contribution in [0.15, 0.2) is 10.1 Å². The van der Waals surface area contributed by atoms with Gasteiger partial charge in [0.2, 0.25) is 0 Å². The Labute approximate surface area is 48.2 Å². The summed E-state index contributed by atoms with van der Waals surface area (Å²) < 4.78 is 0.891. The largest absolute Gasteiger partial charge is 0.237 e. The maximum atomic E-state index is 3.80. The van der Waals surface area contributed by atoms with E-state index in [1.165, 1.54) is 11.3 Å². The number of thiazole rings is 1. The fourth-order valence-corrected chi connectivity index (χ4v) is 0.869. The number of hydrogen-bond donors (Lipinski definition) is 0. The van der Waals surface area contributed by atoms with E-state index < -0.39 is 0 Å². The molecule has 0 aromatic carbocycles. The highest BCUT2D eigenvalue weighted by atomic mass is 79.9. The van der Waals surface area contributed by atoms with Crippen molar-refractivity contribution in [3.05, 3.63) is 15.5 Å². The first kappa shape index (κ1) is 4.27. The number of aromatic nitrogens is 1. The Morgan fingerprint density at radius 1 is 2.00 bits per heavy atom. The maximum Gasteiger partial charge on any atom is 0.159 e. The predicted molar refractivity (Wildman–Crippen MR) is 28.6 cm³/mol. The highest BCUT2D eigenvalue weighted by Gasteiger charge is 1.79. The van der Waals surface area contributed by atoms with Crippen molar-refractivity contribution in [2.75, 3.05) is 0 Å². The molecular weight excluding hydrogens is 162 g/mol. The summed E-state index contributed by atoms with van der Waals surface area (Å²) in [6.07, 6.45) is 1.63. The highest BCUT2D eigenvalue weighted by molar-refractivity contribution is 9.11. The Kier molecular flexibility index (Phi) is 1.22. The van der Waals surface area contributed by atoms with Crippen molar-refractivity contribution in [2.24, 2.45) is 0 Å². The first-order valence-electron chi connectivity index (χ1n) is 1.37. The van der Waals surface area contributed by atoms with Crippen molar-refractivity contribution in [3.8, 4) is 0 Å². The van der Waals surface area contributed by atoms with Crippen molar-refractivity contribution in [1.29, 1.82) is 0 Å². The highest BCUT2D eigenvalue weighted by Crippen LogP contribution is 2.09. The molecule has 0 fully saturated rings. The molecule has 1 radical (unpaired) electrons. The molecule has 6 heavy (non-hydrogen) atoms. The SMILES string of the molecule is Brc1nc[c]s1. The van der Waals surface area contributed by atoms with E-state index in [1.807, 2.05) is 0 Å². The van der Waals surface area contributed by atoms with Crippen LogP contribution in [0.3, 0.4) is 0 Å². The van der Waals surface area contributed by atoms with Crippen LogP contribution in [0.2, 0.25) is 0 Å². The zero-order chi connectivity index (χ0) is 4.41. The van der Waals surface area contributed by atoms with Crippen LogP contribution in [0.1, 0.15) is 0 Å². The number of hydrogen-bond acceptors (Lipinski definition) is 2. The van der Waals surface area contributed by atoms with E-state index in [2.05, 4.69) is 26.3 Å². The lowest BCUT2D eigenvalue weighted by atomic mass is 11.0. The lowest BCUT2D eigenvalue weighted by molar-refractivity contribution is 1.38. The summed E-state index contributed by atoms with van der Waals surface area (Å²) in [6, 6.07) is 0. The summed E-state index contributed by atoms with van der Waals surface area (Å²) in [6.45, 7) is 0. The average Bonchev–Trinajstić information content (AvgIpc) is 1.86. The molecule has 1 nitrogen and oxygen atoms in total. The van der Waals surface area contributed by atoms with E-state index in [9.17, 15) is 0 Å². The summed E-state index contributed by atoms with van der Waals surface area (Å²) in [5, 5.41) is 2.81. The van der Waals surface area contributed by atoms with Crippen LogP contribution in [0, 0.1) is 5.38 Å². The van der Waals surface area contributed by atoms with Crippen LogP contribution in [0.25, 0.3) is 0 Å². The van der Waals surface area contributed by atoms with E-state index in [1.54, 1.807) is 6.20 Å². The van der Waals surface area contributed by atoms with Gasteiger partial charge in [-0.3, -0.25) is 0 Å². The van der Waals surface area contributed by atoms with Crippen LogP contribution >= 0.6 is 27.3 Å². The first-order chi connectivity index (χ1) is 2.89. The smallest absolute Gasteiger partial charge is 0.159 e. The average molecular weight is 163 g/mol. The number of rotatable bonds is 0. The van der Waals surface area contributed by atoms with Gasteiger partial charge < -0.3 is 0 Å². The molecule has 0 spiro atoms. The molecule has 1 heterocycles. The molecule has 1 rings (SSSR count). The van der Waals surface area contributed by atoms with Crippen LogP contribution in [0.5, 0.6) is 0 Å². The molecule has 0 amide bonds. The summed E-state index contributed by atoms with van der Waals surface area (Å²) in [5.41, 5.74) is 0. The third-order valence-electron chi connectivity index (χ3n) is 0.362. The van der Waals surface area contributed by atoms with E-state index in [0.717, 1.165) is 3.92 Å². The van der Waals surface area contributed by atoms with E-state index >= 15 is 0 Å². The van der Waals surface area contributed by atoms with E-state index in [-0.39, 0.29) is 0 Å². The van der Waals surface area contributed by atoms with E-state index in [4.69, 9.17) is 0 Å². The molecule has 1 aromatic heterocycles. The third kappa shape index (κ3) is 0.786. The molecule has 0 saturated heterocycles. The molecule has 0 aliphatic heterocycles. The fourth-order valence-electron chi connectivity index (χ4n) is 0.178. The monoisotopic (exact) mass is 162 g/mol. The van der Waals surface area contributed by atoms with Crippen molar-refractivity contribution < 1.29 is 0 Å². The zero-order valence-electron chi connectivity index (χ0n) is 2.81. The third-order valence-corrected chi connectivity index (χ3v) is 1.55. The summed E-state index contributed by atoms with van der Waals surface area (Å²) >= 11 is 4.62. The lowest BCUT2D eigenvalue weighted by Crippen LogP contribution is -1.47. The van der Waals surface area contributed by atoms with Gasteiger partial charge in [-0.25, -0.2) is 4.98 Å². The Morgan fingerprint density at radius 2 is 2.83 bits per heavy atom. The molecule has 0 unspecified atom stereocenters. The molecule has 0 aliphatic carbocycles. The second kappa shape index (κ2) is 1.71. The topological polar surface area (TPSA) is 12.9 Å². The molecule has 0 N–H and O–H groups in total. The van der Waals surface area contributed by atoms with Gasteiger partial charge in [-0.1, -0.05) is 0 Å². The van der Waals surface area contributed by atoms with Crippen LogP contribution in [0.4, 0.5) is 0 Å². The Bertz CT molecular complexity index is 114. The molecule has 0 atom stereocenters. The van der Waals surface area contributed by atoms with Crippen molar-refractivity contribution in [1.82, 2.24) is 4.98 Å². The normalized spacial score (nSPS) is 8.83. The summed E-state index contributed by atoms with van der Waals surface area (Å²) in [5.74, 6) is 0. The van der Waals surface area contributed by atoms with Crippen molar-refractivity contribution in [2.45, 2.75) is 0 Å². The van der Waals surface area contributed by atoms with Gasteiger partial charge in [0, 0.05) is 6.20 Å². The predicted octanol–water partition coefficient (Wildman–Crippen LogP) is 1.71. The first-order valence-corrected chi connectivity index (χ1v) is 2.98. The zero-order valence-corrected chi connectivity index (χ0v) is 5.21.